The van der Waals surface area contributed by atoms with Crippen molar-refractivity contribution in [1.82, 2.24) is 25.4 Å². The molecule has 4 rings (SSSR count). The van der Waals surface area contributed by atoms with Gasteiger partial charge in [-0.25, -0.2) is 0 Å². The van der Waals surface area contributed by atoms with Crippen LogP contribution >= 0.6 is 0 Å². The number of anilines is 1. The average molecular weight is 465 g/mol. The number of fused-ring (bicyclic) bond motifs is 1. The maximum absolute atomic E-state index is 13.1. The Labute approximate surface area is 202 Å². The van der Waals surface area contributed by atoms with E-state index in [0.29, 0.717) is 25.9 Å². The van der Waals surface area contributed by atoms with Gasteiger partial charge in [0.15, 0.2) is 0 Å². The van der Waals surface area contributed by atoms with Crippen molar-refractivity contribution in [3.05, 3.63) is 59.9 Å². The minimum absolute atomic E-state index is 0.0265. The third-order valence-electron chi connectivity index (χ3n) is 7.11. The maximum atomic E-state index is 13.1. The summed E-state index contributed by atoms with van der Waals surface area (Å²) in [6, 6.07) is 12.5. The molecule has 0 radical (unpaired) electrons. The standard InChI is InChI=1S/C26H36N6O2/c1-30(2)21-8-6-19(7-9-21)18-32-14-12-23-25(32)26(34)29-17-22(31(23)3)10-11-24(33)28-16-20-5-4-13-27-15-20/h4-9,13,15,22-23,25H,10-12,14,16-18H2,1-3H3,(H,28,33)(H,29,34). The van der Waals surface area contributed by atoms with E-state index in [1.54, 1.807) is 12.4 Å². The maximum Gasteiger partial charge on any atom is 0.239 e. The van der Waals surface area contributed by atoms with Crippen molar-refractivity contribution in [2.45, 2.75) is 50.5 Å². The Hall–Kier alpha value is -2.97. The van der Waals surface area contributed by atoms with Crippen LogP contribution in [-0.2, 0) is 22.7 Å². The van der Waals surface area contributed by atoms with Crippen LogP contribution in [0.5, 0.6) is 0 Å². The molecule has 1 aromatic heterocycles. The van der Waals surface area contributed by atoms with Gasteiger partial charge in [-0.05, 0) is 49.2 Å². The molecule has 3 atom stereocenters. The number of nitrogens with one attached hydrogen (secondary N) is 2. The number of hydrogen-bond acceptors (Lipinski definition) is 6. The Kier molecular flexibility index (Phi) is 7.80. The number of carbonyl (C=O) groups excluding carboxylic acids is 2. The molecule has 0 spiro atoms. The zero-order chi connectivity index (χ0) is 24.1. The van der Waals surface area contributed by atoms with E-state index in [4.69, 9.17) is 0 Å². The highest BCUT2D eigenvalue weighted by Crippen LogP contribution is 2.29. The summed E-state index contributed by atoms with van der Waals surface area (Å²) < 4.78 is 0. The van der Waals surface area contributed by atoms with Crippen LogP contribution in [0.2, 0.25) is 0 Å². The fourth-order valence-corrected chi connectivity index (χ4v) is 5.05. The molecule has 2 saturated heterocycles. The molecule has 2 aliphatic rings. The summed E-state index contributed by atoms with van der Waals surface area (Å²) in [5.74, 6) is 0.126. The fraction of sp³-hybridized carbons (Fsp3) is 0.500. The molecule has 2 N–H and O–H groups in total. The molecule has 0 saturated carbocycles. The van der Waals surface area contributed by atoms with Gasteiger partial charge in [-0.3, -0.25) is 24.4 Å². The van der Waals surface area contributed by atoms with Gasteiger partial charge in [0, 0.05) is 76.9 Å². The molecule has 1 aromatic carbocycles. The van der Waals surface area contributed by atoms with Crippen LogP contribution in [0.3, 0.4) is 0 Å². The van der Waals surface area contributed by atoms with Crippen molar-refractivity contribution >= 4 is 17.5 Å². The zero-order valence-corrected chi connectivity index (χ0v) is 20.4. The van der Waals surface area contributed by atoms with Crippen LogP contribution in [0.1, 0.15) is 30.4 Å². The minimum Gasteiger partial charge on any atom is -0.378 e. The first-order valence-electron chi connectivity index (χ1n) is 12.1. The van der Waals surface area contributed by atoms with Crippen LogP contribution in [-0.4, -0.2) is 79.0 Å². The van der Waals surface area contributed by atoms with Gasteiger partial charge in [-0.1, -0.05) is 18.2 Å². The Bertz CT molecular complexity index is 965. The monoisotopic (exact) mass is 464 g/mol. The number of nitrogens with zero attached hydrogens (tertiary/aromatic N) is 4. The summed E-state index contributed by atoms with van der Waals surface area (Å²) in [6.45, 7) is 2.71. The van der Waals surface area contributed by atoms with Gasteiger partial charge in [-0.2, -0.15) is 0 Å². The number of rotatable bonds is 8. The van der Waals surface area contributed by atoms with E-state index >= 15 is 0 Å². The number of aromatic nitrogens is 1. The van der Waals surface area contributed by atoms with E-state index < -0.39 is 0 Å². The zero-order valence-electron chi connectivity index (χ0n) is 20.4. The third kappa shape index (κ3) is 5.74. The molecule has 34 heavy (non-hydrogen) atoms. The molecule has 2 amide bonds. The Balaban J connectivity index is 1.32. The average Bonchev–Trinajstić information content (AvgIpc) is 3.21. The molecule has 8 heteroatoms. The fourth-order valence-electron chi connectivity index (χ4n) is 5.05. The van der Waals surface area contributed by atoms with E-state index in [1.807, 2.05) is 26.2 Å². The summed E-state index contributed by atoms with van der Waals surface area (Å²) in [6.07, 6.45) is 5.58. The number of hydrogen-bond donors (Lipinski definition) is 2. The van der Waals surface area contributed by atoms with Crippen LogP contribution in [0, 0.1) is 0 Å². The predicted molar refractivity (Wildman–Crippen MR) is 133 cm³/mol. The molecule has 2 aromatic rings. The van der Waals surface area contributed by atoms with E-state index in [1.165, 1.54) is 11.3 Å². The van der Waals surface area contributed by atoms with Gasteiger partial charge in [0.1, 0.15) is 6.04 Å². The van der Waals surface area contributed by atoms with E-state index in [9.17, 15) is 9.59 Å². The first kappa shape index (κ1) is 24.2. The molecule has 0 bridgehead atoms. The van der Waals surface area contributed by atoms with E-state index in [0.717, 1.165) is 25.1 Å². The smallest absolute Gasteiger partial charge is 0.239 e. The second-order valence-electron chi connectivity index (χ2n) is 9.57. The van der Waals surface area contributed by atoms with Crippen LogP contribution in [0.4, 0.5) is 5.69 Å². The van der Waals surface area contributed by atoms with Crippen molar-refractivity contribution in [1.29, 1.82) is 0 Å². The SMILES string of the molecule is CN(C)c1ccc(CN2CCC3C2C(=O)NCC(CCC(=O)NCc2cccnc2)N3C)cc1. The molecule has 3 unspecified atom stereocenters. The number of benzene rings is 1. The molecule has 2 fully saturated rings. The molecular weight excluding hydrogens is 428 g/mol. The number of pyridine rings is 1. The molecule has 3 heterocycles. The second-order valence-corrected chi connectivity index (χ2v) is 9.57. The largest absolute Gasteiger partial charge is 0.378 e. The van der Waals surface area contributed by atoms with Gasteiger partial charge in [0.2, 0.25) is 11.8 Å². The first-order chi connectivity index (χ1) is 16.4. The van der Waals surface area contributed by atoms with Crippen molar-refractivity contribution in [2.24, 2.45) is 0 Å². The number of likely N-dealkylation sites (N-methyl/N-ethyl adjacent to an activating group) is 1. The normalized spacial score (nSPS) is 23.1. The predicted octanol–water partition coefficient (Wildman–Crippen LogP) is 1.62. The Morgan fingerprint density at radius 1 is 1.21 bits per heavy atom. The van der Waals surface area contributed by atoms with Crippen molar-refractivity contribution in [3.8, 4) is 0 Å². The second kappa shape index (κ2) is 11.0. The summed E-state index contributed by atoms with van der Waals surface area (Å²) in [5.41, 5.74) is 3.37. The Morgan fingerprint density at radius 3 is 2.71 bits per heavy atom. The van der Waals surface area contributed by atoms with Crippen molar-refractivity contribution in [3.63, 3.8) is 0 Å². The first-order valence-corrected chi connectivity index (χ1v) is 12.1. The molecule has 2 aliphatic heterocycles. The number of amides is 2. The van der Waals surface area contributed by atoms with Crippen LogP contribution in [0.25, 0.3) is 0 Å². The van der Waals surface area contributed by atoms with Gasteiger partial charge < -0.3 is 15.5 Å². The third-order valence-corrected chi connectivity index (χ3v) is 7.11. The van der Waals surface area contributed by atoms with Crippen LogP contribution < -0.4 is 15.5 Å². The lowest BCUT2D eigenvalue weighted by molar-refractivity contribution is -0.126. The van der Waals surface area contributed by atoms with Gasteiger partial charge in [-0.15, -0.1) is 0 Å². The highest BCUT2D eigenvalue weighted by Gasteiger charge is 2.44. The number of likely N-dealkylation sites (tertiary alicyclic amines) is 1. The van der Waals surface area contributed by atoms with Crippen molar-refractivity contribution in [2.75, 3.05) is 39.1 Å². The van der Waals surface area contributed by atoms with Crippen molar-refractivity contribution < 1.29 is 9.59 Å². The van der Waals surface area contributed by atoms with E-state index in [2.05, 4.69) is 61.6 Å². The molecule has 0 aliphatic carbocycles. The summed E-state index contributed by atoms with van der Waals surface area (Å²) in [5, 5.41) is 6.12. The minimum atomic E-state index is -0.164. The summed E-state index contributed by atoms with van der Waals surface area (Å²) >= 11 is 0. The van der Waals surface area contributed by atoms with Gasteiger partial charge in [0.05, 0.1) is 0 Å². The summed E-state index contributed by atoms with van der Waals surface area (Å²) in [4.78, 5) is 36.3. The summed E-state index contributed by atoms with van der Waals surface area (Å²) in [7, 11) is 6.17. The van der Waals surface area contributed by atoms with Gasteiger partial charge >= 0.3 is 0 Å². The quantitative estimate of drug-likeness (QED) is 0.618. The lowest BCUT2D eigenvalue weighted by atomic mass is 10.0. The molecule has 8 nitrogen and oxygen atoms in total. The highest BCUT2D eigenvalue weighted by molar-refractivity contribution is 5.83. The topological polar surface area (TPSA) is 80.8 Å². The van der Waals surface area contributed by atoms with Crippen LogP contribution in [0.15, 0.2) is 48.8 Å². The Morgan fingerprint density at radius 2 is 2.00 bits per heavy atom. The number of carbonyl (C=O) groups is 2. The molecule has 182 valence electrons. The van der Waals surface area contributed by atoms with E-state index in [-0.39, 0.29) is 29.9 Å². The lowest BCUT2D eigenvalue weighted by Gasteiger charge is -2.33. The molecular formula is C26H36N6O2. The highest BCUT2D eigenvalue weighted by atomic mass is 16.2. The van der Waals surface area contributed by atoms with Gasteiger partial charge in [0.25, 0.3) is 0 Å². The lowest BCUT2D eigenvalue weighted by Crippen LogP contribution is -2.49.